The van der Waals surface area contributed by atoms with Gasteiger partial charge in [-0.05, 0) is 30.5 Å². The van der Waals surface area contributed by atoms with Crippen LogP contribution in [0.5, 0.6) is 0 Å². The molecule has 0 aliphatic rings. The molecular weight excluding hydrogens is 308 g/mol. The minimum atomic E-state index is -3.39. The van der Waals surface area contributed by atoms with Crippen molar-refractivity contribution >= 4 is 32.9 Å². The Bertz CT molecular complexity index is 724. The van der Waals surface area contributed by atoms with Crippen molar-refractivity contribution in [2.75, 3.05) is 11.6 Å². The topological polar surface area (TPSA) is 75.3 Å². The van der Waals surface area contributed by atoms with Gasteiger partial charge in [0.1, 0.15) is 0 Å². The van der Waals surface area contributed by atoms with E-state index < -0.39 is 15.9 Å². The number of sulfone groups is 1. The Labute approximate surface area is 127 Å². The molecule has 1 heterocycles. The molecule has 0 fully saturated rings. The normalized spacial score (nSPS) is 12.7. The molecule has 1 aromatic heterocycles. The van der Waals surface area contributed by atoms with Gasteiger partial charge in [0.25, 0.3) is 0 Å². The summed E-state index contributed by atoms with van der Waals surface area (Å²) in [6.07, 6.45) is 1.11. The number of para-hydroxylation sites is 1. The molecule has 0 spiro atoms. The fraction of sp³-hybridized carbons (Fsp3) is 0.214. The highest BCUT2D eigenvalue weighted by Crippen LogP contribution is 2.21. The number of nitrogens with one attached hydrogen (secondary N) is 2. The minimum Gasteiger partial charge on any atom is -0.331 e. The van der Waals surface area contributed by atoms with Crippen molar-refractivity contribution in [1.29, 1.82) is 0 Å². The van der Waals surface area contributed by atoms with Crippen LogP contribution in [-0.2, 0) is 9.84 Å². The molecule has 0 saturated heterocycles. The highest BCUT2D eigenvalue weighted by Gasteiger charge is 2.16. The Morgan fingerprint density at radius 1 is 1.19 bits per heavy atom. The predicted octanol–water partition coefficient (Wildman–Crippen LogP) is 3.03. The van der Waals surface area contributed by atoms with Crippen molar-refractivity contribution in [2.45, 2.75) is 17.9 Å². The van der Waals surface area contributed by atoms with Crippen LogP contribution in [-0.4, -0.2) is 20.7 Å². The quantitative estimate of drug-likeness (QED) is 0.907. The highest BCUT2D eigenvalue weighted by atomic mass is 32.2. The van der Waals surface area contributed by atoms with Gasteiger partial charge < -0.3 is 10.6 Å². The van der Waals surface area contributed by atoms with Gasteiger partial charge in [0, 0.05) is 11.1 Å². The zero-order chi connectivity index (χ0) is 15.5. The average Bonchev–Trinajstić information content (AvgIpc) is 2.91. The summed E-state index contributed by atoms with van der Waals surface area (Å²) in [6.45, 7) is 1.87. The van der Waals surface area contributed by atoms with Crippen molar-refractivity contribution in [3.05, 3.63) is 46.7 Å². The number of hydrogen-bond donors (Lipinski definition) is 2. The Morgan fingerprint density at radius 3 is 2.52 bits per heavy atom. The van der Waals surface area contributed by atoms with Gasteiger partial charge in [-0.3, -0.25) is 0 Å². The summed E-state index contributed by atoms with van der Waals surface area (Å²) in [6, 6.07) is 9.58. The van der Waals surface area contributed by atoms with E-state index in [4.69, 9.17) is 0 Å². The SMILES string of the molecule is C[C@H](NC(=O)Nc1ccccc1S(C)(=O)=O)c1cccs1. The smallest absolute Gasteiger partial charge is 0.319 e. The van der Waals surface area contributed by atoms with E-state index in [0.717, 1.165) is 11.1 Å². The number of thiophene rings is 1. The Morgan fingerprint density at radius 2 is 1.90 bits per heavy atom. The Balaban J connectivity index is 2.10. The van der Waals surface area contributed by atoms with Crippen molar-refractivity contribution in [1.82, 2.24) is 5.32 Å². The molecule has 2 amide bonds. The summed E-state index contributed by atoms with van der Waals surface area (Å²) < 4.78 is 23.3. The monoisotopic (exact) mass is 324 g/mol. The first kappa shape index (κ1) is 15.5. The van der Waals surface area contributed by atoms with Gasteiger partial charge >= 0.3 is 6.03 Å². The van der Waals surface area contributed by atoms with E-state index in [2.05, 4.69) is 10.6 Å². The maximum absolute atomic E-state index is 12.0. The van der Waals surface area contributed by atoms with Crippen LogP contribution in [0.1, 0.15) is 17.8 Å². The van der Waals surface area contributed by atoms with Gasteiger partial charge in [-0.1, -0.05) is 18.2 Å². The lowest BCUT2D eigenvalue weighted by Crippen LogP contribution is -2.31. The standard InChI is InChI=1S/C14H16N2O3S2/c1-10(12-7-5-9-20-12)15-14(17)16-11-6-3-4-8-13(11)21(2,18)19/h3-10H,1-2H3,(H2,15,16,17)/t10-/m0/s1. The lowest BCUT2D eigenvalue weighted by Gasteiger charge is -2.14. The Kier molecular flexibility index (Phi) is 4.64. The van der Waals surface area contributed by atoms with E-state index in [-0.39, 0.29) is 16.6 Å². The second kappa shape index (κ2) is 6.28. The average molecular weight is 324 g/mol. The van der Waals surface area contributed by atoms with E-state index in [1.165, 1.54) is 6.07 Å². The largest absolute Gasteiger partial charge is 0.331 e. The Hall–Kier alpha value is -1.86. The number of urea groups is 1. The minimum absolute atomic E-state index is 0.101. The first-order valence-electron chi connectivity index (χ1n) is 6.28. The maximum atomic E-state index is 12.0. The van der Waals surface area contributed by atoms with E-state index in [0.29, 0.717) is 0 Å². The molecule has 0 aliphatic carbocycles. The first-order chi connectivity index (χ1) is 9.88. The van der Waals surface area contributed by atoms with Gasteiger partial charge in [-0.25, -0.2) is 13.2 Å². The van der Waals surface area contributed by atoms with E-state index in [1.807, 2.05) is 24.4 Å². The van der Waals surface area contributed by atoms with Crippen molar-refractivity contribution in [3.63, 3.8) is 0 Å². The third-order valence-electron chi connectivity index (χ3n) is 2.85. The second-order valence-electron chi connectivity index (χ2n) is 4.60. The molecule has 0 saturated carbocycles. The third-order valence-corrected chi connectivity index (χ3v) is 5.06. The highest BCUT2D eigenvalue weighted by molar-refractivity contribution is 7.90. The summed E-state index contributed by atoms with van der Waals surface area (Å²) in [4.78, 5) is 13.1. The lowest BCUT2D eigenvalue weighted by molar-refractivity contribution is 0.249. The van der Waals surface area contributed by atoms with Crippen LogP contribution in [0.25, 0.3) is 0 Å². The number of amides is 2. The van der Waals surface area contributed by atoms with Crippen LogP contribution in [0.2, 0.25) is 0 Å². The van der Waals surface area contributed by atoms with Crippen LogP contribution in [0.4, 0.5) is 10.5 Å². The molecule has 1 atom stereocenters. The van der Waals surface area contributed by atoms with Crippen LogP contribution in [0.3, 0.4) is 0 Å². The molecule has 5 nitrogen and oxygen atoms in total. The van der Waals surface area contributed by atoms with E-state index >= 15 is 0 Å². The molecule has 0 aliphatic heterocycles. The molecule has 2 aromatic rings. The molecule has 0 bridgehead atoms. The molecule has 2 N–H and O–H groups in total. The summed E-state index contributed by atoms with van der Waals surface area (Å²) in [5.41, 5.74) is 0.274. The summed E-state index contributed by atoms with van der Waals surface area (Å²) in [5.74, 6) is 0. The van der Waals surface area contributed by atoms with Gasteiger partial charge in [0.05, 0.1) is 16.6 Å². The van der Waals surface area contributed by atoms with Gasteiger partial charge in [-0.15, -0.1) is 11.3 Å². The number of anilines is 1. The first-order valence-corrected chi connectivity index (χ1v) is 9.05. The molecular formula is C14H16N2O3S2. The number of carbonyl (C=O) groups excluding carboxylic acids is 1. The van der Waals surface area contributed by atoms with Crippen molar-refractivity contribution < 1.29 is 13.2 Å². The fourth-order valence-electron chi connectivity index (χ4n) is 1.86. The number of benzene rings is 1. The third kappa shape index (κ3) is 4.05. The van der Waals surface area contributed by atoms with Crippen molar-refractivity contribution in [2.24, 2.45) is 0 Å². The summed E-state index contributed by atoms with van der Waals surface area (Å²) in [7, 11) is -3.39. The van der Waals surface area contributed by atoms with E-state index in [1.54, 1.807) is 29.5 Å². The molecule has 1 aromatic carbocycles. The van der Waals surface area contributed by atoms with Gasteiger partial charge in [0.15, 0.2) is 9.84 Å². The van der Waals surface area contributed by atoms with E-state index in [9.17, 15) is 13.2 Å². The van der Waals surface area contributed by atoms with Crippen LogP contribution in [0.15, 0.2) is 46.7 Å². The molecule has 0 unspecified atom stereocenters. The van der Waals surface area contributed by atoms with Gasteiger partial charge in [-0.2, -0.15) is 0 Å². The molecule has 112 valence electrons. The lowest BCUT2D eigenvalue weighted by atomic mass is 10.3. The fourth-order valence-corrected chi connectivity index (χ4v) is 3.44. The number of hydrogen-bond acceptors (Lipinski definition) is 4. The van der Waals surface area contributed by atoms with Crippen LogP contribution >= 0.6 is 11.3 Å². The number of rotatable bonds is 4. The maximum Gasteiger partial charge on any atom is 0.319 e. The van der Waals surface area contributed by atoms with Crippen LogP contribution < -0.4 is 10.6 Å². The predicted molar refractivity (Wildman–Crippen MR) is 84.4 cm³/mol. The zero-order valence-electron chi connectivity index (χ0n) is 11.7. The summed E-state index contributed by atoms with van der Waals surface area (Å²) in [5, 5.41) is 7.30. The molecule has 2 rings (SSSR count). The molecule has 21 heavy (non-hydrogen) atoms. The molecule has 7 heteroatoms. The van der Waals surface area contributed by atoms with Crippen molar-refractivity contribution in [3.8, 4) is 0 Å². The van der Waals surface area contributed by atoms with Crippen LogP contribution in [0, 0.1) is 0 Å². The zero-order valence-corrected chi connectivity index (χ0v) is 13.3. The second-order valence-corrected chi connectivity index (χ2v) is 7.57. The van der Waals surface area contributed by atoms with Gasteiger partial charge in [0.2, 0.25) is 0 Å². The molecule has 0 radical (unpaired) electrons. The number of carbonyl (C=O) groups is 1. The summed E-state index contributed by atoms with van der Waals surface area (Å²) >= 11 is 1.55.